The topological polar surface area (TPSA) is 112 Å². The Morgan fingerprint density at radius 1 is 1.00 bits per heavy atom. The summed E-state index contributed by atoms with van der Waals surface area (Å²) in [6, 6.07) is 10.5. The lowest BCUT2D eigenvalue weighted by Crippen LogP contribution is -2.43. The van der Waals surface area contributed by atoms with Crippen LogP contribution < -0.4 is 29.9 Å². The molecule has 0 unspecified atom stereocenters. The van der Waals surface area contributed by atoms with Crippen LogP contribution in [0.2, 0.25) is 0 Å². The number of aromatic nitrogens is 2. The van der Waals surface area contributed by atoms with Gasteiger partial charge in [-0.25, -0.2) is 23.5 Å². The number of amides is 3. The molecule has 11 nitrogen and oxygen atoms in total. The van der Waals surface area contributed by atoms with E-state index in [2.05, 4.69) is 20.6 Å². The minimum atomic E-state index is -5.26. The number of para-hydroxylation sites is 1. The van der Waals surface area contributed by atoms with Gasteiger partial charge in [-0.1, -0.05) is 12.1 Å². The highest BCUT2D eigenvalue weighted by atomic mass is 19.4. The maximum absolute atomic E-state index is 15.1. The van der Waals surface area contributed by atoms with Gasteiger partial charge in [0.1, 0.15) is 17.3 Å². The number of ether oxygens (including phenoxy) is 2. The van der Waals surface area contributed by atoms with Crippen molar-refractivity contribution in [1.82, 2.24) is 20.2 Å². The molecule has 2 aliphatic heterocycles. The second-order valence-electron chi connectivity index (χ2n) is 11.2. The van der Waals surface area contributed by atoms with Crippen molar-refractivity contribution in [3.63, 3.8) is 0 Å². The zero-order valence-corrected chi connectivity index (χ0v) is 25.8. The number of nitrogens with zero attached hydrogens (tertiary/aromatic N) is 5. The highest BCUT2D eigenvalue weighted by Gasteiger charge is 2.44. The third kappa shape index (κ3) is 6.13. The molecule has 0 bridgehead atoms. The minimum Gasteiger partial charge on any atom is -0.454 e. The molecule has 0 atom stereocenters. The number of hydrogen-bond donors (Lipinski definition) is 2. The average molecular weight is 670 g/mol. The molecule has 3 aromatic carbocycles. The van der Waals surface area contributed by atoms with Gasteiger partial charge in [-0.05, 0) is 63.0 Å². The number of urea groups is 1. The van der Waals surface area contributed by atoms with Crippen LogP contribution in [0.4, 0.5) is 55.6 Å². The van der Waals surface area contributed by atoms with Crippen LogP contribution in [0.1, 0.15) is 11.1 Å². The standard InChI is InChI=1S/C32H28F5N7O4/c1-17-7-8-18(43(29(45)32(35,36)37)19-9-10-24-25(14-19)48-16-47-24)13-20(17)26-21-15-39-31(46)44(27-22(33)5-4-6-23(27)34)28(21)41-30(40-26)38-11-12-42(2)3/h4-10,13-14H,11-12,15-16H2,1-3H3,(H,39,46)(H,38,40,41). The van der Waals surface area contributed by atoms with Gasteiger partial charge in [0, 0.05) is 36.0 Å². The largest absolute Gasteiger partial charge is 0.472 e. The number of fused-ring (bicyclic) bond motifs is 2. The van der Waals surface area contributed by atoms with Crippen LogP contribution in [-0.4, -0.2) is 67.0 Å². The Morgan fingerprint density at radius 3 is 2.40 bits per heavy atom. The molecule has 2 N–H and O–H groups in total. The number of halogens is 5. The van der Waals surface area contributed by atoms with Crippen LogP contribution in [0.5, 0.6) is 11.5 Å². The van der Waals surface area contributed by atoms with E-state index in [4.69, 9.17) is 9.47 Å². The predicted octanol–water partition coefficient (Wildman–Crippen LogP) is 6.02. The van der Waals surface area contributed by atoms with Gasteiger partial charge in [0.05, 0.1) is 17.9 Å². The van der Waals surface area contributed by atoms with Crippen molar-refractivity contribution in [2.75, 3.05) is 49.1 Å². The van der Waals surface area contributed by atoms with E-state index in [1.165, 1.54) is 36.4 Å². The van der Waals surface area contributed by atoms with E-state index >= 15 is 8.78 Å². The number of hydrogen-bond acceptors (Lipinski definition) is 8. The monoisotopic (exact) mass is 669 g/mol. The molecule has 1 aromatic heterocycles. The number of carbonyl (C=O) groups is 2. The van der Waals surface area contributed by atoms with E-state index in [0.29, 0.717) is 29.3 Å². The number of aryl methyl sites for hydroxylation is 1. The lowest BCUT2D eigenvalue weighted by atomic mass is 9.98. The van der Waals surface area contributed by atoms with Gasteiger partial charge >= 0.3 is 18.1 Å². The number of anilines is 5. The van der Waals surface area contributed by atoms with Crippen molar-refractivity contribution >= 4 is 40.8 Å². The first-order valence-electron chi connectivity index (χ1n) is 14.6. The lowest BCUT2D eigenvalue weighted by molar-refractivity contribution is -0.169. The molecule has 4 aromatic rings. The summed E-state index contributed by atoms with van der Waals surface area (Å²) < 4.78 is 82.8. The van der Waals surface area contributed by atoms with Crippen molar-refractivity contribution in [2.45, 2.75) is 19.6 Å². The summed E-state index contributed by atoms with van der Waals surface area (Å²) in [5, 5.41) is 5.63. The molecule has 2 aliphatic rings. The molecule has 0 saturated heterocycles. The van der Waals surface area contributed by atoms with Crippen LogP contribution in [0.25, 0.3) is 11.3 Å². The zero-order valence-electron chi connectivity index (χ0n) is 25.8. The van der Waals surface area contributed by atoms with Crippen LogP contribution in [0.3, 0.4) is 0 Å². The van der Waals surface area contributed by atoms with E-state index in [0.717, 1.165) is 23.1 Å². The molecule has 6 rings (SSSR count). The molecular formula is C32H28F5N7O4. The van der Waals surface area contributed by atoms with E-state index in [1.807, 2.05) is 19.0 Å². The summed E-state index contributed by atoms with van der Waals surface area (Å²) in [5.41, 5.74) is 0.210. The molecule has 0 radical (unpaired) electrons. The van der Waals surface area contributed by atoms with Gasteiger partial charge in [-0.15, -0.1) is 0 Å². The summed E-state index contributed by atoms with van der Waals surface area (Å²) in [7, 11) is 3.69. The lowest BCUT2D eigenvalue weighted by Gasteiger charge is -2.31. The summed E-state index contributed by atoms with van der Waals surface area (Å²) in [5.74, 6) is -3.89. The first-order chi connectivity index (χ1) is 22.8. The Morgan fingerprint density at radius 2 is 1.69 bits per heavy atom. The van der Waals surface area contributed by atoms with Crippen molar-refractivity contribution in [3.8, 4) is 22.8 Å². The maximum atomic E-state index is 15.1. The number of likely N-dealkylation sites (N-methyl/N-ethyl adjacent to an activating group) is 1. The van der Waals surface area contributed by atoms with Gasteiger partial charge in [-0.2, -0.15) is 18.2 Å². The molecule has 3 heterocycles. The molecule has 0 saturated carbocycles. The third-order valence-corrected chi connectivity index (χ3v) is 7.61. The van der Waals surface area contributed by atoms with Crippen molar-refractivity contribution < 1.29 is 41.0 Å². The summed E-state index contributed by atoms with van der Waals surface area (Å²) in [6.45, 7) is 2.25. The van der Waals surface area contributed by atoms with Crippen molar-refractivity contribution in [3.05, 3.63) is 77.4 Å². The number of alkyl halides is 3. The minimum absolute atomic E-state index is 0.00848. The van der Waals surface area contributed by atoms with Crippen LogP contribution >= 0.6 is 0 Å². The molecular weight excluding hydrogens is 641 g/mol. The fourth-order valence-electron chi connectivity index (χ4n) is 5.30. The zero-order chi connectivity index (χ0) is 34.3. The van der Waals surface area contributed by atoms with Crippen LogP contribution in [0, 0.1) is 18.6 Å². The van der Waals surface area contributed by atoms with E-state index in [-0.39, 0.29) is 59.0 Å². The van der Waals surface area contributed by atoms with Gasteiger partial charge < -0.3 is 25.0 Å². The Bertz CT molecular complexity index is 1900. The average Bonchev–Trinajstić information content (AvgIpc) is 3.50. The Labute approximate surface area is 270 Å². The molecule has 250 valence electrons. The summed E-state index contributed by atoms with van der Waals surface area (Å²) >= 11 is 0. The second-order valence-corrected chi connectivity index (χ2v) is 11.2. The van der Waals surface area contributed by atoms with Crippen molar-refractivity contribution in [2.24, 2.45) is 0 Å². The Kier molecular flexibility index (Phi) is 8.51. The second kappa shape index (κ2) is 12.6. The first-order valence-corrected chi connectivity index (χ1v) is 14.6. The Hall–Kier alpha value is -5.51. The highest BCUT2D eigenvalue weighted by Crippen LogP contribution is 2.43. The first kappa shape index (κ1) is 32.4. The molecule has 16 heteroatoms. The molecule has 0 aliphatic carbocycles. The summed E-state index contributed by atoms with van der Waals surface area (Å²) in [4.78, 5) is 38.4. The summed E-state index contributed by atoms with van der Waals surface area (Å²) in [6.07, 6.45) is -5.26. The number of rotatable bonds is 8. The van der Waals surface area contributed by atoms with Crippen LogP contribution in [-0.2, 0) is 11.3 Å². The van der Waals surface area contributed by atoms with E-state index in [9.17, 15) is 22.8 Å². The molecule has 48 heavy (non-hydrogen) atoms. The molecule has 3 amide bonds. The van der Waals surface area contributed by atoms with Gasteiger partial charge in [-0.3, -0.25) is 9.69 Å². The maximum Gasteiger partial charge on any atom is 0.472 e. The van der Waals surface area contributed by atoms with E-state index in [1.54, 1.807) is 6.92 Å². The van der Waals surface area contributed by atoms with Gasteiger partial charge in [0.25, 0.3) is 0 Å². The van der Waals surface area contributed by atoms with Gasteiger partial charge in [0.15, 0.2) is 17.3 Å². The number of nitrogens with one attached hydrogen (secondary N) is 2. The fourth-order valence-corrected chi connectivity index (χ4v) is 5.30. The predicted molar refractivity (Wildman–Crippen MR) is 166 cm³/mol. The smallest absolute Gasteiger partial charge is 0.454 e. The van der Waals surface area contributed by atoms with Crippen molar-refractivity contribution in [1.29, 1.82) is 0 Å². The fraction of sp³-hybridized carbons (Fsp3) is 0.250. The Balaban J connectivity index is 1.54. The number of carbonyl (C=O) groups excluding carboxylic acids is 2. The highest BCUT2D eigenvalue weighted by molar-refractivity contribution is 6.05. The number of benzene rings is 3. The SMILES string of the molecule is Cc1ccc(N(C(=O)C(F)(F)F)c2ccc3c(c2)OCO3)cc1-c1nc(NCCN(C)C)nc2c1CNC(=O)N2c1c(F)cccc1F. The molecule has 0 fully saturated rings. The quantitative estimate of drug-likeness (QED) is 0.219. The molecule has 0 spiro atoms. The normalized spacial score (nSPS) is 13.8. The van der Waals surface area contributed by atoms with Crippen LogP contribution in [0.15, 0.2) is 54.6 Å². The van der Waals surface area contributed by atoms with Gasteiger partial charge in [0.2, 0.25) is 12.7 Å². The third-order valence-electron chi connectivity index (χ3n) is 7.61. The van der Waals surface area contributed by atoms with E-state index < -0.39 is 35.4 Å².